The summed E-state index contributed by atoms with van der Waals surface area (Å²) in [5.41, 5.74) is 7.47. The predicted octanol–water partition coefficient (Wildman–Crippen LogP) is 5.27. The Morgan fingerprint density at radius 3 is 2.24 bits per heavy atom. The summed E-state index contributed by atoms with van der Waals surface area (Å²) in [6.07, 6.45) is 0. The van der Waals surface area contributed by atoms with Crippen molar-refractivity contribution < 1.29 is 9.53 Å². The van der Waals surface area contributed by atoms with Crippen molar-refractivity contribution >= 4 is 17.1 Å². The standard InChI is InChI=1S/C26H25NO2/c1-18-8-12-21(13-9-18)24-17-27(16-20-10-14-22(29-3)15-11-20)26(28)25(24)23-7-5-4-6-19(23)2/h4-15H,16-17H2,1-3H3. The van der Waals surface area contributed by atoms with E-state index in [2.05, 4.69) is 44.2 Å². The molecule has 1 aliphatic heterocycles. The first-order chi connectivity index (χ1) is 14.1. The average molecular weight is 383 g/mol. The number of benzene rings is 3. The monoisotopic (exact) mass is 383 g/mol. The third-order valence-electron chi connectivity index (χ3n) is 5.50. The molecule has 29 heavy (non-hydrogen) atoms. The van der Waals surface area contributed by atoms with Crippen LogP contribution in [0.1, 0.15) is 27.8 Å². The number of methoxy groups -OCH3 is 1. The second kappa shape index (κ2) is 7.96. The summed E-state index contributed by atoms with van der Waals surface area (Å²) in [7, 11) is 1.66. The van der Waals surface area contributed by atoms with Gasteiger partial charge in [-0.2, -0.15) is 0 Å². The fourth-order valence-electron chi connectivity index (χ4n) is 3.83. The van der Waals surface area contributed by atoms with Crippen LogP contribution in [0.3, 0.4) is 0 Å². The van der Waals surface area contributed by atoms with E-state index in [1.807, 2.05) is 47.4 Å². The Morgan fingerprint density at radius 1 is 0.897 bits per heavy atom. The highest BCUT2D eigenvalue weighted by Crippen LogP contribution is 2.36. The van der Waals surface area contributed by atoms with Crippen LogP contribution in [0.5, 0.6) is 5.75 Å². The van der Waals surface area contributed by atoms with E-state index in [4.69, 9.17) is 4.74 Å². The smallest absolute Gasteiger partial charge is 0.255 e. The van der Waals surface area contributed by atoms with Crippen LogP contribution in [0.4, 0.5) is 0 Å². The van der Waals surface area contributed by atoms with Crippen LogP contribution in [0.2, 0.25) is 0 Å². The van der Waals surface area contributed by atoms with Gasteiger partial charge in [-0.1, -0.05) is 66.2 Å². The van der Waals surface area contributed by atoms with Crippen LogP contribution in [0.15, 0.2) is 72.8 Å². The molecule has 0 spiro atoms. The Bertz CT molecular complexity index is 1060. The Balaban J connectivity index is 1.72. The van der Waals surface area contributed by atoms with E-state index in [9.17, 15) is 4.79 Å². The van der Waals surface area contributed by atoms with Crippen LogP contribution in [-0.4, -0.2) is 24.5 Å². The van der Waals surface area contributed by atoms with E-state index in [0.29, 0.717) is 13.1 Å². The van der Waals surface area contributed by atoms with Gasteiger partial charge in [-0.25, -0.2) is 0 Å². The molecule has 1 amide bonds. The topological polar surface area (TPSA) is 29.5 Å². The molecule has 3 heteroatoms. The summed E-state index contributed by atoms with van der Waals surface area (Å²) in [6.45, 7) is 5.33. The van der Waals surface area contributed by atoms with Crippen molar-refractivity contribution in [2.45, 2.75) is 20.4 Å². The fraction of sp³-hybridized carbons (Fsp3) is 0.192. The van der Waals surface area contributed by atoms with Crippen molar-refractivity contribution in [3.05, 3.63) is 101 Å². The maximum absolute atomic E-state index is 13.5. The highest BCUT2D eigenvalue weighted by molar-refractivity contribution is 6.30. The number of carbonyl (C=O) groups excluding carboxylic acids is 1. The van der Waals surface area contributed by atoms with Crippen LogP contribution < -0.4 is 4.74 Å². The Labute approximate surface area is 172 Å². The molecule has 3 aromatic carbocycles. The van der Waals surface area contributed by atoms with E-state index in [0.717, 1.165) is 39.1 Å². The van der Waals surface area contributed by atoms with Crippen molar-refractivity contribution in [3.63, 3.8) is 0 Å². The van der Waals surface area contributed by atoms with Gasteiger partial charge in [-0.05, 0) is 53.8 Å². The number of nitrogens with zero attached hydrogens (tertiary/aromatic N) is 1. The lowest BCUT2D eigenvalue weighted by molar-refractivity contribution is -0.124. The molecule has 3 nitrogen and oxygen atoms in total. The molecule has 3 aromatic rings. The van der Waals surface area contributed by atoms with Crippen molar-refractivity contribution in [2.75, 3.05) is 13.7 Å². The third-order valence-corrected chi connectivity index (χ3v) is 5.50. The second-order valence-electron chi connectivity index (χ2n) is 7.54. The van der Waals surface area contributed by atoms with Gasteiger partial charge in [0.25, 0.3) is 5.91 Å². The van der Waals surface area contributed by atoms with Gasteiger partial charge in [0, 0.05) is 13.1 Å². The number of carbonyl (C=O) groups is 1. The second-order valence-corrected chi connectivity index (χ2v) is 7.54. The van der Waals surface area contributed by atoms with Crippen LogP contribution >= 0.6 is 0 Å². The molecule has 0 fully saturated rings. The molecule has 1 aliphatic rings. The van der Waals surface area contributed by atoms with Gasteiger partial charge < -0.3 is 9.64 Å². The molecule has 0 N–H and O–H groups in total. The van der Waals surface area contributed by atoms with Crippen molar-refractivity contribution in [1.82, 2.24) is 4.90 Å². The molecule has 0 saturated carbocycles. The fourth-order valence-corrected chi connectivity index (χ4v) is 3.83. The summed E-state index contributed by atoms with van der Waals surface area (Å²) < 4.78 is 5.24. The van der Waals surface area contributed by atoms with E-state index in [1.54, 1.807) is 7.11 Å². The highest BCUT2D eigenvalue weighted by atomic mass is 16.5. The Hall–Kier alpha value is -3.33. The van der Waals surface area contributed by atoms with Gasteiger partial charge in [0.1, 0.15) is 5.75 Å². The van der Waals surface area contributed by atoms with Gasteiger partial charge in [0.05, 0.1) is 12.7 Å². The molecule has 146 valence electrons. The van der Waals surface area contributed by atoms with E-state index < -0.39 is 0 Å². The van der Waals surface area contributed by atoms with Gasteiger partial charge in [0.15, 0.2) is 0 Å². The molecule has 4 rings (SSSR count). The zero-order chi connectivity index (χ0) is 20.4. The first-order valence-electron chi connectivity index (χ1n) is 9.85. The SMILES string of the molecule is COc1ccc(CN2CC(c3ccc(C)cc3)=C(c3ccccc3C)C2=O)cc1. The number of ether oxygens (including phenoxy) is 1. The average Bonchev–Trinajstić information content (AvgIpc) is 3.05. The lowest BCUT2D eigenvalue weighted by atomic mass is 9.93. The predicted molar refractivity (Wildman–Crippen MR) is 118 cm³/mol. The molecule has 0 atom stereocenters. The maximum atomic E-state index is 13.5. The molecule has 0 aliphatic carbocycles. The summed E-state index contributed by atoms with van der Waals surface area (Å²) in [6, 6.07) is 24.5. The zero-order valence-electron chi connectivity index (χ0n) is 17.1. The van der Waals surface area contributed by atoms with Gasteiger partial charge in [-0.3, -0.25) is 4.79 Å². The minimum atomic E-state index is 0.0886. The van der Waals surface area contributed by atoms with Crippen molar-refractivity contribution in [2.24, 2.45) is 0 Å². The van der Waals surface area contributed by atoms with Crippen LogP contribution in [-0.2, 0) is 11.3 Å². The van der Waals surface area contributed by atoms with E-state index in [-0.39, 0.29) is 5.91 Å². The van der Waals surface area contributed by atoms with Gasteiger partial charge >= 0.3 is 0 Å². The normalized spacial score (nSPS) is 13.9. The van der Waals surface area contributed by atoms with Gasteiger partial charge in [-0.15, -0.1) is 0 Å². The van der Waals surface area contributed by atoms with Crippen LogP contribution in [0.25, 0.3) is 11.1 Å². The molecule has 0 saturated heterocycles. The summed E-state index contributed by atoms with van der Waals surface area (Å²) in [5.74, 6) is 0.909. The summed E-state index contributed by atoms with van der Waals surface area (Å²) in [4.78, 5) is 15.4. The molecule has 0 aromatic heterocycles. The minimum Gasteiger partial charge on any atom is -0.497 e. The largest absolute Gasteiger partial charge is 0.497 e. The van der Waals surface area contributed by atoms with Crippen LogP contribution in [0, 0.1) is 13.8 Å². The van der Waals surface area contributed by atoms with Crippen molar-refractivity contribution in [3.8, 4) is 5.75 Å². The first-order valence-corrected chi connectivity index (χ1v) is 9.85. The molecule has 0 bridgehead atoms. The molecular weight excluding hydrogens is 358 g/mol. The summed E-state index contributed by atoms with van der Waals surface area (Å²) >= 11 is 0. The first kappa shape index (κ1) is 19.0. The number of hydrogen-bond donors (Lipinski definition) is 0. The highest BCUT2D eigenvalue weighted by Gasteiger charge is 2.32. The summed E-state index contributed by atoms with van der Waals surface area (Å²) in [5, 5.41) is 0. The Kier molecular flexibility index (Phi) is 5.22. The molecule has 0 unspecified atom stereocenters. The lowest BCUT2D eigenvalue weighted by Crippen LogP contribution is -2.26. The molecule has 1 heterocycles. The lowest BCUT2D eigenvalue weighted by Gasteiger charge is -2.17. The molecular formula is C26H25NO2. The number of amides is 1. The Morgan fingerprint density at radius 2 is 1.59 bits per heavy atom. The number of hydrogen-bond acceptors (Lipinski definition) is 2. The third kappa shape index (κ3) is 3.81. The quantitative estimate of drug-likeness (QED) is 0.601. The zero-order valence-corrected chi connectivity index (χ0v) is 17.1. The van der Waals surface area contributed by atoms with Crippen molar-refractivity contribution in [1.29, 1.82) is 0 Å². The van der Waals surface area contributed by atoms with E-state index in [1.165, 1.54) is 5.56 Å². The van der Waals surface area contributed by atoms with Gasteiger partial charge in [0.2, 0.25) is 0 Å². The number of rotatable bonds is 5. The molecule has 0 radical (unpaired) electrons. The number of aryl methyl sites for hydroxylation is 2. The maximum Gasteiger partial charge on any atom is 0.255 e. The van der Waals surface area contributed by atoms with E-state index >= 15 is 0 Å². The minimum absolute atomic E-state index is 0.0886.